The number of likely N-dealkylation sites (tertiary alicyclic amines) is 1. The summed E-state index contributed by atoms with van der Waals surface area (Å²) in [5.41, 5.74) is 3.89. The number of nitrogens with one attached hydrogen (secondary N) is 2. The fourth-order valence-electron chi connectivity index (χ4n) is 5.98. The van der Waals surface area contributed by atoms with E-state index in [4.69, 9.17) is 0 Å². The van der Waals surface area contributed by atoms with Gasteiger partial charge in [-0.2, -0.15) is 0 Å². The molecule has 11 heteroatoms. The maximum atomic E-state index is 13.2. The SMILES string of the molecule is CNC(=O)n1ccc2cc(N(CCCC(F)F)c3ccnc(NC(=O)c4ccc(C5CCN(C[C@H](C)O)CC5)cc4)c3)ccc21. The first-order chi connectivity index (χ1) is 21.7. The average Bonchev–Trinajstić information content (AvgIpc) is 3.46. The summed E-state index contributed by atoms with van der Waals surface area (Å²) in [4.78, 5) is 33.9. The summed E-state index contributed by atoms with van der Waals surface area (Å²) in [7, 11) is 1.56. The first-order valence-electron chi connectivity index (χ1n) is 15.4. The van der Waals surface area contributed by atoms with Crippen LogP contribution in [0.2, 0.25) is 0 Å². The maximum absolute atomic E-state index is 13.2. The van der Waals surface area contributed by atoms with E-state index in [-0.39, 0.29) is 30.9 Å². The van der Waals surface area contributed by atoms with Crippen molar-refractivity contribution in [3.05, 3.63) is 84.2 Å². The van der Waals surface area contributed by atoms with E-state index in [0.717, 1.165) is 42.5 Å². The molecule has 0 saturated carbocycles. The lowest BCUT2D eigenvalue weighted by Crippen LogP contribution is -2.37. The van der Waals surface area contributed by atoms with E-state index >= 15 is 0 Å². The monoisotopic (exact) mass is 618 g/mol. The zero-order chi connectivity index (χ0) is 31.9. The minimum Gasteiger partial charge on any atom is -0.392 e. The molecule has 1 aliphatic rings. The number of amides is 2. The number of aliphatic hydroxyl groups is 1. The van der Waals surface area contributed by atoms with E-state index in [9.17, 15) is 23.5 Å². The van der Waals surface area contributed by atoms with E-state index in [1.54, 1.807) is 31.6 Å². The van der Waals surface area contributed by atoms with Gasteiger partial charge in [-0.1, -0.05) is 12.1 Å². The standard InChI is InChI=1S/C34H40F2N6O3/c1-23(43)22-40-17-12-25(13-18-40)24-5-7-26(8-6-24)33(44)39-32-21-29(11-15-38-32)41(16-3-4-31(35)36)28-9-10-30-27(20-28)14-19-42(30)34(45)37-2/h5-11,14-15,19-21,23,25,31,43H,3-4,12-13,16-18,22H2,1-2H3,(H,37,45)(H,38,39,44)/t23-/m0/s1. The van der Waals surface area contributed by atoms with Crippen molar-refractivity contribution < 1.29 is 23.5 Å². The number of piperidine rings is 1. The van der Waals surface area contributed by atoms with Crippen LogP contribution in [-0.4, -0.2) is 77.3 Å². The van der Waals surface area contributed by atoms with E-state index < -0.39 is 6.43 Å². The van der Waals surface area contributed by atoms with Crippen LogP contribution in [0.15, 0.2) is 73.1 Å². The molecule has 0 bridgehead atoms. The minimum atomic E-state index is -2.41. The molecular formula is C34H40F2N6O3. The molecule has 238 valence electrons. The van der Waals surface area contributed by atoms with E-state index in [1.165, 1.54) is 10.1 Å². The molecule has 1 aliphatic heterocycles. The van der Waals surface area contributed by atoms with Gasteiger partial charge < -0.3 is 25.5 Å². The number of aromatic nitrogens is 2. The summed E-state index contributed by atoms with van der Waals surface area (Å²) in [6, 6.07) is 18.3. The Kier molecular flexibility index (Phi) is 10.4. The Bertz CT molecular complexity index is 1600. The zero-order valence-electron chi connectivity index (χ0n) is 25.6. The van der Waals surface area contributed by atoms with Crippen LogP contribution in [0.4, 0.5) is 30.8 Å². The molecule has 2 amide bonds. The number of alkyl halides is 2. The van der Waals surface area contributed by atoms with Crippen LogP contribution >= 0.6 is 0 Å². The second-order valence-electron chi connectivity index (χ2n) is 11.6. The highest BCUT2D eigenvalue weighted by atomic mass is 19.3. The number of hydrogen-bond acceptors (Lipinski definition) is 6. The van der Waals surface area contributed by atoms with E-state index in [0.29, 0.717) is 36.1 Å². The van der Waals surface area contributed by atoms with Gasteiger partial charge in [0, 0.05) is 67.3 Å². The molecular weight excluding hydrogens is 578 g/mol. The number of hydrogen-bond donors (Lipinski definition) is 3. The molecule has 2 aromatic carbocycles. The maximum Gasteiger partial charge on any atom is 0.325 e. The largest absolute Gasteiger partial charge is 0.392 e. The van der Waals surface area contributed by atoms with Gasteiger partial charge >= 0.3 is 6.03 Å². The second kappa shape index (κ2) is 14.6. The van der Waals surface area contributed by atoms with Crippen molar-refractivity contribution in [3.63, 3.8) is 0 Å². The quantitative estimate of drug-likeness (QED) is 0.185. The van der Waals surface area contributed by atoms with Gasteiger partial charge in [-0.15, -0.1) is 0 Å². The van der Waals surface area contributed by atoms with Crippen LogP contribution in [-0.2, 0) is 0 Å². The molecule has 3 heterocycles. The lowest BCUT2D eigenvalue weighted by Gasteiger charge is -2.32. The highest BCUT2D eigenvalue weighted by molar-refractivity contribution is 6.04. The number of nitrogens with zero attached hydrogens (tertiary/aromatic N) is 4. The Morgan fingerprint density at radius 2 is 1.78 bits per heavy atom. The first kappa shape index (κ1) is 32.1. The third-order valence-electron chi connectivity index (χ3n) is 8.27. The minimum absolute atomic E-state index is 0.239. The molecule has 1 atom stereocenters. The number of carbonyl (C=O) groups is 2. The number of fused-ring (bicyclic) bond motifs is 1. The number of anilines is 3. The van der Waals surface area contributed by atoms with Crippen molar-refractivity contribution >= 4 is 40.0 Å². The van der Waals surface area contributed by atoms with E-state index in [1.807, 2.05) is 60.4 Å². The molecule has 2 aromatic heterocycles. The van der Waals surface area contributed by atoms with Crippen molar-refractivity contribution in [2.45, 2.75) is 51.1 Å². The Morgan fingerprint density at radius 3 is 2.47 bits per heavy atom. The number of rotatable bonds is 11. The van der Waals surface area contributed by atoms with Crippen molar-refractivity contribution in [2.24, 2.45) is 0 Å². The Balaban J connectivity index is 1.30. The molecule has 1 saturated heterocycles. The molecule has 45 heavy (non-hydrogen) atoms. The molecule has 0 unspecified atom stereocenters. The van der Waals surface area contributed by atoms with Gasteiger partial charge in [-0.05, 0) is 93.2 Å². The number of β-amino-alcohol motifs (C(OH)–C–C–N with tert-alkyl or cyclic N) is 1. The predicted molar refractivity (Wildman–Crippen MR) is 173 cm³/mol. The third-order valence-corrected chi connectivity index (χ3v) is 8.27. The topological polar surface area (TPSA) is 103 Å². The van der Waals surface area contributed by atoms with Gasteiger partial charge in [0.05, 0.1) is 11.6 Å². The van der Waals surface area contributed by atoms with Gasteiger partial charge in [0.15, 0.2) is 0 Å². The normalized spacial score (nSPS) is 14.9. The second-order valence-corrected chi connectivity index (χ2v) is 11.6. The van der Waals surface area contributed by atoms with Gasteiger partial charge in [0.2, 0.25) is 6.43 Å². The Hall–Kier alpha value is -4.35. The van der Waals surface area contributed by atoms with Crippen molar-refractivity contribution in [3.8, 4) is 0 Å². The first-order valence-corrected chi connectivity index (χ1v) is 15.4. The van der Waals surface area contributed by atoms with Crippen molar-refractivity contribution in [2.75, 3.05) is 43.4 Å². The number of aliphatic hydroxyl groups excluding tert-OH is 1. The summed E-state index contributed by atoms with van der Waals surface area (Å²) in [6.45, 7) is 4.70. The molecule has 4 aromatic rings. The fourth-order valence-corrected chi connectivity index (χ4v) is 5.98. The number of halogens is 2. The van der Waals surface area contributed by atoms with Gasteiger partial charge in [0.1, 0.15) is 5.82 Å². The molecule has 9 nitrogen and oxygen atoms in total. The Labute approximate surface area is 261 Å². The summed E-state index contributed by atoms with van der Waals surface area (Å²) in [5.74, 6) is 0.472. The summed E-state index contributed by atoms with van der Waals surface area (Å²) in [5, 5.41) is 16.0. The predicted octanol–water partition coefficient (Wildman–Crippen LogP) is 6.22. The fraction of sp³-hybridized carbons (Fsp3) is 0.382. The summed E-state index contributed by atoms with van der Waals surface area (Å²) < 4.78 is 27.6. The van der Waals surface area contributed by atoms with Crippen LogP contribution in [0.1, 0.15) is 54.4 Å². The van der Waals surface area contributed by atoms with Crippen LogP contribution in [0.5, 0.6) is 0 Å². The van der Waals surface area contributed by atoms with Gasteiger partial charge in [-0.25, -0.2) is 18.6 Å². The van der Waals surface area contributed by atoms with E-state index in [2.05, 4.69) is 20.5 Å². The lowest BCUT2D eigenvalue weighted by molar-refractivity contribution is 0.102. The number of pyridine rings is 1. The summed E-state index contributed by atoms with van der Waals surface area (Å²) >= 11 is 0. The molecule has 3 N–H and O–H groups in total. The zero-order valence-corrected chi connectivity index (χ0v) is 25.6. The lowest BCUT2D eigenvalue weighted by atomic mass is 9.89. The number of benzene rings is 2. The molecule has 0 spiro atoms. The average molecular weight is 619 g/mol. The van der Waals surface area contributed by atoms with Crippen LogP contribution in [0.3, 0.4) is 0 Å². The van der Waals surface area contributed by atoms with Crippen molar-refractivity contribution in [1.29, 1.82) is 0 Å². The molecule has 1 fully saturated rings. The molecule has 5 rings (SSSR count). The van der Waals surface area contributed by atoms with Gasteiger partial charge in [0.25, 0.3) is 5.91 Å². The smallest absolute Gasteiger partial charge is 0.325 e. The Morgan fingerprint density at radius 1 is 1.04 bits per heavy atom. The van der Waals surface area contributed by atoms with Crippen LogP contribution in [0, 0.1) is 0 Å². The van der Waals surface area contributed by atoms with Crippen LogP contribution < -0.4 is 15.5 Å². The highest BCUT2D eigenvalue weighted by Crippen LogP contribution is 2.31. The third kappa shape index (κ3) is 8.03. The van der Waals surface area contributed by atoms with Crippen LogP contribution in [0.25, 0.3) is 10.9 Å². The summed E-state index contributed by atoms with van der Waals surface area (Å²) in [6.07, 6.45) is 2.56. The molecule has 0 radical (unpaired) electrons. The van der Waals surface area contributed by atoms with Gasteiger partial charge in [-0.3, -0.25) is 9.36 Å². The molecule has 0 aliphatic carbocycles. The number of carbonyl (C=O) groups excluding carboxylic acids is 2. The highest BCUT2D eigenvalue weighted by Gasteiger charge is 2.22. The van der Waals surface area contributed by atoms with Crippen molar-refractivity contribution in [1.82, 2.24) is 19.8 Å².